The molecular weight excluding hydrogens is 524 g/mol. The van der Waals surface area contributed by atoms with Crippen molar-refractivity contribution in [1.82, 2.24) is 16.1 Å². The molecule has 4 N–H and O–H groups in total. The number of carbonyl (C=O) groups excluding carboxylic acids is 2. The molecule has 2 aromatic carbocycles. The van der Waals surface area contributed by atoms with Crippen molar-refractivity contribution in [1.29, 1.82) is 0 Å². The van der Waals surface area contributed by atoms with Gasteiger partial charge in [0.05, 0.1) is 28.9 Å². The second kappa shape index (κ2) is 11.6. The Morgan fingerprint density at radius 2 is 2.06 bits per heavy atom. The number of para-hydroxylation sites is 1. The molecule has 178 valence electrons. The molecule has 0 aliphatic carbocycles. The summed E-state index contributed by atoms with van der Waals surface area (Å²) in [6, 6.07) is 11.2. The fourth-order valence-electron chi connectivity index (χ4n) is 3.21. The molecule has 0 bridgehead atoms. The Kier molecular flexibility index (Phi) is 8.61. The van der Waals surface area contributed by atoms with Gasteiger partial charge in [-0.05, 0) is 71.8 Å². The Hall–Kier alpha value is -3.44. The highest BCUT2D eigenvalue weighted by Gasteiger charge is 2.32. The van der Waals surface area contributed by atoms with Gasteiger partial charge in [-0.1, -0.05) is 18.2 Å². The largest absolute Gasteiger partial charge is 0.507 e. The number of nitrogens with one attached hydrogen (secondary N) is 3. The Labute approximate surface area is 210 Å². The molecule has 0 saturated heterocycles. The molecular formula is C23H23BrN4O5S. The third-order valence-electron chi connectivity index (χ3n) is 4.73. The molecule has 34 heavy (non-hydrogen) atoms. The Bertz CT molecular complexity index is 1170. The summed E-state index contributed by atoms with van der Waals surface area (Å²) in [6.45, 7) is 3.40. The van der Waals surface area contributed by atoms with Gasteiger partial charge in [0.25, 0.3) is 5.91 Å². The van der Waals surface area contributed by atoms with Gasteiger partial charge in [0, 0.05) is 11.3 Å². The molecule has 0 fully saturated rings. The summed E-state index contributed by atoms with van der Waals surface area (Å²) >= 11 is 8.49. The summed E-state index contributed by atoms with van der Waals surface area (Å²) in [5.74, 6) is -0.445. The van der Waals surface area contributed by atoms with Gasteiger partial charge in [-0.15, -0.1) is 0 Å². The first-order chi connectivity index (χ1) is 16.3. The number of hydrogen-bond donors (Lipinski definition) is 4. The van der Waals surface area contributed by atoms with Crippen LogP contribution in [0.4, 0.5) is 0 Å². The lowest BCUT2D eigenvalue weighted by Crippen LogP contribution is -2.45. The number of phenolic OH excluding ortho intramolecular Hbond substituents is 1. The Morgan fingerprint density at radius 3 is 2.79 bits per heavy atom. The first-order valence-corrected chi connectivity index (χ1v) is 11.5. The quantitative estimate of drug-likeness (QED) is 0.172. The monoisotopic (exact) mass is 546 g/mol. The Morgan fingerprint density at radius 1 is 1.29 bits per heavy atom. The normalized spacial score (nSPS) is 15.5. The van der Waals surface area contributed by atoms with E-state index in [0.29, 0.717) is 37.7 Å². The van der Waals surface area contributed by atoms with E-state index in [1.165, 1.54) is 12.3 Å². The minimum Gasteiger partial charge on any atom is -0.507 e. The summed E-state index contributed by atoms with van der Waals surface area (Å²) in [5, 5.41) is 19.8. The first kappa shape index (κ1) is 25.2. The van der Waals surface area contributed by atoms with Crippen molar-refractivity contribution in [2.75, 3.05) is 13.2 Å². The number of hydrogen-bond acceptors (Lipinski definition) is 7. The molecule has 11 heteroatoms. The fourth-order valence-corrected chi connectivity index (χ4v) is 3.88. The predicted octanol–water partition coefficient (Wildman–Crippen LogP) is 3.04. The number of esters is 1. The third kappa shape index (κ3) is 6.33. The topological polar surface area (TPSA) is 121 Å². The van der Waals surface area contributed by atoms with E-state index in [4.69, 9.17) is 21.7 Å². The van der Waals surface area contributed by atoms with E-state index in [9.17, 15) is 14.7 Å². The van der Waals surface area contributed by atoms with Crippen molar-refractivity contribution in [3.63, 3.8) is 0 Å². The van der Waals surface area contributed by atoms with Crippen LogP contribution in [-0.4, -0.2) is 41.5 Å². The molecule has 0 saturated carbocycles. The lowest BCUT2D eigenvalue weighted by atomic mass is 9.95. The number of carbonyl (C=O) groups is 2. The van der Waals surface area contributed by atoms with E-state index in [0.717, 1.165) is 0 Å². The maximum Gasteiger partial charge on any atom is 0.338 e. The molecule has 0 aromatic heterocycles. The van der Waals surface area contributed by atoms with Gasteiger partial charge in [-0.2, -0.15) is 5.10 Å². The number of allylic oxidation sites excluding steroid dienone is 1. The minimum atomic E-state index is -0.613. The van der Waals surface area contributed by atoms with Gasteiger partial charge >= 0.3 is 5.97 Å². The fraction of sp³-hybridized carbons (Fsp3) is 0.217. The zero-order chi connectivity index (χ0) is 24.7. The summed E-state index contributed by atoms with van der Waals surface area (Å²) < 4.78 is 11.5. The van der Waals surface area contributed by atoms with E-state index >= 15 is 0 Å². The lowest BCUT2D eigenvalue weighted by Gasteiger charge is -2.30. The standard InChI is InChI=1S/C23H23BrN4O5S/c1-3-32-22(31)20-13(2)26-23(34)27-21(20)15-6-4-5-7-18(15)33-12-19(30)28-25-11-14-8-9-17(29)16(24)10-14/h4-11,21,29H,3,12H2,1-2H3,(H,28,30)(H2,26,27,34)/t21-/m1/s1. The van der Waals surface area contributed by atoms with E-state index in [1.54, 1.807) is 50.2 Å². The number of halogens is 1. The molecule has 9 nitrogen and oxygen atoms in total. The second-order valence-corrected chi connectivity index (χ2v) is 8.38. The Balaban J connectivity index is 1.71. The van der Waals surface area contributed by atoms with Crippen LogP contribution in [0.5, 0.6) is 11.5 Å². The van der Waals surface area contributed by atoms with Crippen LogP contribution < -0.4 is 20.8 Å². The van der Waals surface area contributed by atoms with Gasteiger partial charge in [0.2, 0.25) is 0 Å². The number of benzene rings is 2. The maximum absolute atomic E-state index is 12.6. The average Bonchev–Trinajstić information content (AvgIpc) is 2.80. The lowest BCUT2D eigenvalue weighted by molar-refractivity contribution is -0.139. The molecule has 1 aliphatic heterocycles. The SMILES string of the molecule is CCOC(=O)C1=C(C)NC(=S)N[C@@H]1c1ccccc1OCC(=O)NN=Cc1ccc(O)c(Br)c1. The number of amides is 1. The predicted molar refractivity (Wildman–Crippen MR) is 134 cm³/mol. The maximum atomic E-state index is 12.6. The molecule has 1 atom stereocenters. The average molecular weight is 547 g/mol. The first-order valence-electron chi connectivity index (χ1n) is 10.3. The number of aromatic hydroxyl groups is 1. The highest BCUT2D eigenvalue weighted by atomic mass is 79.9. The van der Waals surface area contributed by atoms with E-state index in [1.807, 2.05) is 0 Å². The molecule has 3 rings (SSSR count). The van der Waals surface area contributed by atoms with Gasteiger partial charge in [0.1, 0.15) is 11.5 Å². The number of thiocarbonyl (C=S) groups is 1. The van der Waals surface area contributed by atoms with Gasteiger partial charge < -0.3 is 25.2 Å². The van der Waals surface area contributed by atoms with Crippen LogP contribution in [0.3, 0.4) is 0 Å². The van der Waals surface area contributed by atoms with Crippen molar-refractivity contribution in [2.45, 2.75) is 19.9 Å². The zero-order valence-corrected chi connectivity index (χ0v) is 20.8. The van der Waals surface area contributed by atoms with Gasteiger partial charge in [-0.25, -0.2) is 10.2 Å². The third-order valence-corrected chi connectivity index (χ3v) is 5.58. The second-order valence-electron chi connectivity index (χ2n) is 7.12. The number of hydrazone groups is 1. The molecule has 0 unspecified atom stereocenters. The number of nitrogens with zero attached hydrogens (tertiary/aromatic N) is 1. The van der Waals surface area contributed by atoms with Crippen LogP contribution in [-0.2, 0) is 14.3 Å². The zero-order valence-electron chi connectivity index (χ0n) is 18.4. The molecule has 0 spiro atoms. The van der Waals surface area contributed by atoms with E-state index < -0.39 is 17.9 Å². The van der Waals surface area contributed by atoms with Crippen molar-refractivity contribution < 1.29 is 24.2 Å². The van der Waals surface area contributed by atoms with Crippen LogP contribution >= 0.6 is 28.1 Å². The minimum absolute atomic E-state index is 0.105. The van der Waals surface area contributed by atoms with Crippen molar-refractivity contribution in [2.24, 2.45) is 5.10 Å². The van der Waals surface area contributed by atoms with Crippen LogP contribution in [0.15, 0.2) is 63.3 Å². The molecule has 0 radical (unpaired) electrons. The number of phenols is 1. The van der Waals surface area contributed by atoms with Crippen LogP contribution in [0.2, 0.25) is 0 Å². The molecule has 1 heterocycles. The van der Waals surface area contributed by atoms with E-state index in [2.05, 4.69) is 37.1 Å². The van der Waals surface area contributed by atoms with E-state index in [-0.39, 0.29) is 19.0 Å². The van der Waals surface area contributed by atoms with Gasteiger partial charge in [-0.3, -0.25) is 4.79 Å². The molecule has 1 amide bonds. The number of rotatable bonds is 8. The smallest absolute Gasteiger partial charge is 0.338 e. The highest BCUT2D eigenvalue weighted by Crippen LogP contribution is 2.33. The number of ether oxygens (including phenoxy) is 2. The van der Waals surface area contributed by atoms with Crippen molar-refractivity contribution in [3.05, 3.63) is 69.3 Å². The summed E-state index contributed by atoms with van der Waals surface area (Å²) in [7, 11) is 0. The van der Waals surface area contributed by atoms with Crippen LogP contribution in [0, 0.1) is 0 Å². The van der Waals surface area contributed by atoms with Crippen LogP contribution in [0.1, 0.15) is 31.0 Å². The highest BCUT2D eigenvalue weighted by molar-refractivity contribution is 9.10. The molecule has 2 aromatic rings. The summed E-state index contributed by atoms with van der Waals surface area (Å²) in [4.78, 5) is 24.9. The van der Waals surface area contributed by atoms with Crippen LogP contribution in [0.25, 0.3) is 0 Å². The van der Waals surface area contributed by atoms with Crippen molar-refractivity contribution in [3.8, 4) is 11.5 Å². The summed E-state index contributed by atoms with van der Waals surface area (Å²) in [6.07, 6.45) is 1.44. The van der Waals surface area contributed by atoms with Crippen molar-refractivity contribution >= 4 is 51.4 Å². The summed E-state index contributed by atoms with van der Waals surface area (Å²) in [5.41, 5.74) is 4.65. The molecule has 1 aliphatic rings. The van der Waals surface area contributed by atoms with Gasteiger partial charge in [0.15, 0.2) is 11.7 Å².